The molecule has 5 rings (SSSR count). The molecule has 0 fully saturated rings. The van der Waals surface area contributed by atoms with E-state index in [1.165, 1.54) is 5.56 Å². The smallest absolute Gasteiger partial charge is 0.182 e. The standard InChI is InChI=1S/C20H15ClN6/c1-12-3-6-14(7-4-12)18-24-20-16-10-23-27(19(16)22-11-26(20)25-18)17-9-15(21)8-5-13(17)2/h3-11H,1-2H3. The van der Waals surface area contributed by atoms with Gasteiger partial charge in [-0.1, -0.05) is 47.5 Å². The van der Waals surface area contributed by atoms with Gasteiger partial charge in [-0.2, -0.15) is 5.10 Å². The van der Waals surface area contributed by atoms with Crippen LogP contribution in [0, 0.1) is 13.8 Å². The molecule has 0 aliphatic rings. The van der Waals surface area contributed by atoms with Crippen molar-refractivity contribution >= 4 is 28.3 Å². The van der Waals surface area contributed by atoms with Crippen molar-refractivity contribution in [2.45, 2.75) is 13.8 Å². The second kappa shape index (κ2) is 5.89. The molecule has 0 radical (unpaired) electrons. The molecule has 27 heavy (non-hydrogen) atoms. The molecular weight excluding hydrogens is 360 g/mol. The number of nitrogens with zero attached hydrogens (tertiary/aromatic N) is 6. The first-order valence-corrected chi connectivity index (χ1v) is 8.90. The molecule has 6 nitrogen and oxygen atoms in total. The maximum absolute atomic E-state index is 6.17. The van der Waals surface area contributed by atoms with Crippen molar-refractivity contribution in [1.82, 2.24) is 29.4 Å². The molecule has 0 N–H and O–H groups in total. The van der Waals surface area contributed by atoms with Gasteiger partial charge in [0.15, 0.2) is 17.1 Å². The van der Waals surface area contributed by atoms with Crippen LogP contribution in [0.25, 0.3) is 33.8 Å². The molecule has 0 aliphatic carbocycles. The third-order valence-corrected chi connectivity index (χ3v) is 4.85. The van der Waals surface area contributed by atoms with Gasteiger partial charge < -0.3 is 0 Å². The van der Waals surface area contributed by atoms with Gasteiger partial charge in [-0.05, 0) is 31.5 Å². The van der Waals surface area contributed by atoms with Crippen molar-refractivity contribution in [3.05, 3.63) is 71.1 Å². The lowest BCUT2D eigenvalue weighted by Crippen LogP contribution is -2.01. The molecule has 0 amide bonds. The minimum absolute atomic E-state index is 0.657. The lowest BCUT2D eigenvalue weighted by molar-refractivity contribution is 0.876. The van der Waals surface area contributed by atoms with Gasteiger partial charge in [0, 0.05) is 10.6 Å². The normalized spacial score (nSPS) is 11.5. The van der Waals surface area contributed by atoms with E-state index in [0.717, 1.165) is 33.5 Å². The molecule has 7 heteroatoms. The summed E-state index contributed by atoms with van der Waals surface area (Å²) in [6, 6.07) is 13.9. The Morgan fingerprint density at radius 1 is 0.963 bits per heavy atom. The average molecular weight is 375 g/mol. The quantitative estimate of drug-likeness (QED) is 0.459. The van der Waals surface area contributed by atoms with Gasteiger partial charge in [-0.25, -0.2) is 19.2 Å². The molecule has 0 atom stereocenters. The third-order valence-electron chi connectivity index (χ3n) is 4.61. The van der Waals surface area contributed by atoms with Crippen molar-refractivity contribution in [1.29, 1.82) is 0 Å². The molecule has 2 aromatic carbocycles. The zero-order chi connectivity index (χ0) is 18.5. The monoisotopic (exact) mass is 374 g/mol. The number of aryl methyl sites for hydroxylation is 2. The highest BCUT2D eigenvalue weighted by atomic mass is 35.5. The number of benzene rings is 2. The largest absolute Gasteiger partial charge is 0.216 e. The number of hydrogen-bond acceptors (Lipinski definition) is 4. The summed E-state index contributed by atoms with van der Waals surface area (Å²) in [5, 5.41) is 10.6. The van der Waals surface area contributed by atoms with Crippen LogP contribution in [0.1, 0.15) is 11.1 Å². The van der Waals surface area contributed by atoms with Gasteiger partial charge in [-0.15, -0.1) is 5.10 Å². The van der Waals surface area contributed by atoms with E-state index in [1.807, 2.05) is 37.3 Å². The molecule has 3 heterocycles. The predicted octanol–water partition coefficient (Wildman–Crippen LogP) is 4.40. The average Bonchev–Trinajstić information content (AvgIpc) is 3.28. The van der Waals surface area contributed by atoms with E-state index in [1.54, 1.807) is 21.7 Å². The third kappa shape index (κ3) is 2.57. The van der Waals surface area contributed by atoms with Gasteiger partial charge in [0.2, 0.25) is 0 Å². The zero-order valence-electron chi connectivity index (χ0n) is 14.8. The van der Waals surface area contributed by atoms with Crippen LogP contribution < -0.4 is 0 Å². The van der Waals surface area contributed by atoms with Crippen molar-refractivity contribution in [2.75, 3.05) is 0 Å². The Labute approximate surface area is 160 Å². The van der Waals surface area contributed by atoms with Crippen LogP contribution in [0.5, 0.6) is 0 Å². The number of rotatable bonds is 2. The van der Waals surface area contributed by atoms with Crippen LogP contribution in [0.3, 0.4) is 0 Å². The summed E-state index contributed by atoms with van der Waals surface area (Å²) in [6.45, 7) is 4.07. The highest BCUT2D eigenvalue weighted by Crippen LogP contribution is 2.25. The Hall–Kier alpha value is -3.25. The molecule has 0 saturated carbocycles. The van der Waals surface area contributed by atoms with Gasteiger partial charge >= 0.3 is 0 Å². The summed E-state index contributed by atoms with van der Waals surface area (Å²) in [4.78, 5) is 9.28. The fourth-order valence-electron chi connectivity index (χ4n) is 3.13. The van der Waals surface area contributed by atoms with E-state index < -0.39 is 0 Å². The van der Waals surface area contributed by atoms with Crippen molar-refractivity contribution in [2.24, 2.45) is 0 Å². The predicted molar refractivity (Wildman–Crippen MR) is 105 cm³/mol. The summed E-state index contributed by atoms with van der Waals surface area (Å²) < 4.78 is 3.48. The molecular formula is C20H15ClN6. The summed E-state index contributed by atoms with van der Waals surface area (Å²) in [5.41, 5.74) is 5.57. The minimum Gasteiger partial charge on any atom is -0.216 e. The number of fused-ring (bicyclic) bond motifs is 3. The Kier molecular flexibility index (Phi) is 3.48. The van der Waals surface area contributed by atoms with Crippen LogP contribution in [-0.4, -0.2) is 29.4 Å². The lowest BCUT2D eigenvalue weighted by atomic mass is 10.1. The highest BCUT2D eigenvalue weighted by molar-refractivity contribution is 6.30. The Morgan fingerprint density at radius 3 is 2.59 bits per heavy atom. The summed E-state index contributed by atoms with van der Waals surface area (Å²) >= 11 is 6.17. The van der Waals surface area contributed by atoms with Crippen LogP contribution >= 0.6 is 11.6 Å². The van der Waals surface area contributed by atoms with Gasteiger partial charge in [0.25, 0.3) is 0 Å². The van der Waals surface area contributed by atoms with Crippen molar-refractivity contribution < 1.29 is 0 Å². The molecule has 0 aliphatic heterocycles. The van der Waals surface area contributed by atoms with E-state index in [4.69, 9.17) is 16.6 Å². The first-order valence-electron chi connectivity index (χ1n) is 8.53. The van der Waals surface area contributed by atoms with Crippen molar-refractivity contribution in [3.63, 3.8) is 0 Å². The van der Waals surface area contributed by atoms with Crippen molar-refractivity contribution in [3.8, 4) is 17.1 Å². The molecule has 0 unspecified atom stereocenters. The molecule has 3 aromatic heterocycles. The van der Waals surface area contributed by atoms with Gasteiger partial charge in [-0.3, -0.25) is 0 Å². The number of aromatic nitrogens is 6. The van der Waals surface area contributed by atoms with Crippen LogP contribution in [0.4, 0.5) is 0 Å². The van der Waals surface area contributed by atoms with E-state index in [-0.39, 0.29) is 0 Å². The summed E-state index contributed by atoms with van der Waals surface area (Å²) in [5.74, 6) is 0.663. The van der Waals surface area contributed by atoms with E-state index >= 15 is 0 Å². The second-order valence-corrected chi connectivity index (χ2v) is 6.98. The minimum atomic E-state index is 0.657. The second-order valence-electron chi connectivity index (χ2n) is 6.54. The van der Waals surface area contributed by atoms with Gasteiger partial charge in [0.05, 0.1) is 17.3 Å². The fourth-order valence-corrected chi connectivity index (χ4v) is 3.30. The first-order chi connectivity index (χ1) is 13.1. The summed E-state index contributed by atoms with van der Waals surface area (Å²) in [6.07, 6.45) is 3.44. The molecule has 0 spiro atoms. The van der Waals surface area contributed by atoms with E-state index in [0.29, 0.717) is 10.8 Å². The Balaban J connectivity index is 1.71. The first kappa shape index (κ1) is 16.0. The SMILES string of the molecule is Cc1ccc(-c2nc3c4cnn(-c5cc(Cl)ccc5C)c4ncn3n2)cc1. The number of hydrogen-bond donors (Lipinski definition) is 0. The Bertz CT molecular complexity index is 1300. The van der Waals surface area contributed by atoms with Crippen LogP contribution in [-0.2, 0) is 0 Å². The fraction of sp³-hybridized carbons (Fsp3) is 0.100. The maximum atomic E-state index is 6.17. The maximum Gasteiger partial charge on any atom is 0.182 e. The molecule has 0 saturated heterocycles. The van der Waals surface area contributed by atoms with Crippen LogP contribution in [0.15, 0.2) is 55.0 Å². The van der Waals surface area contributed by atoms with Crippen LogP contribution in [0.2, 0.25) is 5.02 Å². The zero-order valence-corrected chi connectivity index (χ0v) is 15.5. The Morgan fingerprint density at radius 2 is 1.78 bits per heavy atom. The van der Waals surface area contributed by atoms with E-state index in [2.05, 4.69) is 34.2 Å². The molecule has 0 bridgehead atoms. The summed E-state index contributed by atoms with van der Waals surface area (Å²) in [7, 11) is 0. The topological polar surface area (TPSA) is 60.9 Å². The molecule has 132 valence electrons. The van der Waals surface area contributed by atoms with E-state index in [9.17, 15) is 0 Å². The highest BCUT2D eigenvalue weighted by Gasteiger charge is 2.15. The van der Waals surface area contributed by atoms with Gasteiger partial charge in [0.1, 0.15) is 6.33 Å². The lowest BCUT2D eigenvalue weighted by Gasteiger charge is -2.07. The molecule has 5 aromatic rings. The number of halogens is 1.